The summed E-state index contributed by atoms with van der Waals surface area (Å²) in [5.74, 6) is -1.15. The lowest BCUT2D eigenvalue weighted by atomic mass is 9.85. The quantitative estimate of drug-likeness (QED) is 0.727. The van der Waals surface area contributed by atoms with Crippen LogP contribution in [0.4, 0.5) is 0 Å². The first-order chi connectivity index (χ1) is 7.09. The first-order valence-electron chi connectivity index (χ1n) is 5.49. The van der Waals surface area contributed by atoms with Crippen LogP contribution in [-0.2, 0) is 14.3 Å². The maximum atomic E-state index is 10.8. The molecule has 1 aliphatic rings. The molecule has 0 aliphatic heterocycles. The average molecular weight is 214 g/mol. The fraction of sp³-hybridized carbons (Fsp3) is 0.818. The van der Waals surface area contributed by atoms with E-state index in [4.69, 9.17) is 9.84 Å². The van der Waals surface area contributed by atoms with Crippen molar-refractivity contribution in [1.82, 2.24) is 0 Å². The SMILES string of the molecule is CC(=O)O[C@H](CC1CCCCC1)C(=O)O. The summed E-state index contributed by atoms with van der Waals surface area (Å²) in [6, 6.07) is 0. The van der Waals surface area contributed by atoms with Crippen molar-refractivity contribution in [2.45, 2.75) is 51.6 Å². The summed E-state index contributed by atoms with van der Waals surface area (Å²) in [4.78, 5) is 21.5. The van der Waals surface area contributed by atoms with Crippen molar-refractivity contribution >= 4 is 11.9 Å². The zero-order valence-corrected chi connectivity index (χ0v) is 9.07. The van der Waals surface area contributed by atoms with Gasteiger partial charge in [0.15, 0.2) is 6.10 Å². The van der Waals surface area contributed by atoms with E-state index in [0.717, 1.165) is 25.7 Å². The number of carbonyl (C=O) groups is 2. The van der Waals surface area contributed by atoms with Crippen LogP contribution in [0, 0.1) is 5.92 Å². The molecule has 0 heterocycles. The van der Waals surface area contributed by atoms with Crippen molar-refractivity contribution in [2.75, 3.05) is 0 Å². The number of carbonyl (C=O) groups excluding carboxylic acids is 1. The van der Waals surface area contributed by atoms with Gasteiger partial charge in [-0.1, -0.05) is 32.1 Å². The Morgan fingerprint density at radius 1 is 1.33 bits per heavy atom. The van der Waals surface area contributed by atoms with Crippen LogP contribution in [0.15, 0.2) is 0 Å². The molecular weight excluding hydrogens is 196 g/mol. The van der Waals surface area contributed by atoms with Gasteiger partial charge in [0.25, 0.3) is 0 Å². The molecule has 0 unspecified atom stereocenters. The van der Waals surface area contributed by atoms with E-state index < -0.39 is 18.0 Å². The van der Waals surface area contributed by atoms with Gasteiger partial charge in [-0.15, -0.1) is 0 Å². The first kappa shape index (κ1) is 12.0. The van der Waals surface area contributed by atoms with Crippen LogP contribution in [-0.4, -0.2) is 23.1 Å². The van der Waals surface area contributed by atoms with Gasteiger partial charge >= 0.3 is 11.9 Å². The number of hydrogen-bond acceptors (Lipinski definition) is 3. The third-order valence-electron chi connectivity index (χ3n) is 2.86. The minimum Gasteiger partial charge on any atom is -0.479 e. The number of esters is 1. The second-order valence-corrected chi connectivity index (χ2v) is 4.18. The van der Waals surface area contributed by atoms with Gasteiger partial charge < -0.3 is 9.84 Å². The Kier molecular flexibility index (Phi) is 4.59. The highest BCUT2D eigenvalue weighted by Gasteiger charge is 2.26. The van der Waals surface area contributed by atoms with Crippen molar-refractivity contribution in [3.05, 3.63) is 0 Å². The van der Waals surface area contributed by atoms with Crippen molar-refractivity contribution < 1.29 is 19.4 Å². The molecule has 1 N–H and O–H groups in total. The van der Waals surface area contributed by atoms with Crippen LogP contribution >= 0.6 is 0 Å². The largest absolute Gasteiger partial charge is 0.479 e. The van der Waals surface area contributed by atoms with Crippen molar-refractivity contribution in [1.29, 1.82) is 0 Å². The van der Waals surface area contributed by atoms with E-state index in [2.05, 4.69) is 0 Å². The number of hydrogen-bond donors (Lipinski definition) is 1. The normalized spacial score (nSPS) is 19.5. The van der Waals surface area contributed by atoms with E-state index in [-0.39, 0.29) is 0 Å². The van der Waals surface area contributed by atoms with E-state index >= 15 is 0 Å². The lowest BCUT2D eigenvalue weighted by Crippen LogP contribution is -2.29. The van der Waals surface area contributed by atoms with E-state index in [9.17, 15) is 9.59 Å². The molecule has 15 heavy (non-hydrogen) atoms. The molecule has 0 amide bonds. The van der Waals surface area contributed by atoms with Crippen LogP contribution in [0.5, 0.6) is 0 Å². The zero-order chi connectivity index (χ0) is 11.3. The zero-order valence-electron chi connectivity index (χ0n) is 9.07. The van der Waals surface area contributed by atoms with Gasteiger partial charge in [-0.2, -0.15) is 0 Å². The summed E-state index contributed by atoms with van der Waals surface area (Å²) in [5, 5.41) is 8.88. The van der Waals surface area contributed by atoms with Gasteiger partial charge in [-0.25, -0.2) is 4.79 Å². The van der Waals surface area contributed by atoms with Gasteiger partial charge in [0, 0.05) is 6.92 Å². The topological polar surface area (TPSA) is 63.6 Å². The molecule has 4 heteroatoms. The predicted molar refractivity (Wildman–Crippen MR) is 54.4 cm³/mol. The molecule has 0 radical (unpaired) electrons. The number of ether oxygens (including phenoxy) is 1. The highest BCUT2D eigenvalue weighted by molar-refractivity contribution is 5.76. The van der Waals surface area contributed by atoms with Gasteiger partial charge in [-0.3, -0.25) is 4.79 Å². The number of rotatable bonds is 4. The van der Waals surface area contributed by atoms with Crippen LogP contribution in [0.25, 0.3) is 0 Å². The van der Waals surface area contributed by atoms with Crippen LogP contribution < -0.4 is 0 Å². The summed E-state index contributed by atoms with van der Waals surface area (Å²) in [6.45, 7) is 1.25. The lowest BCUT2D eigenvalue weighted by molar-refractivity contribution is -0.163. The Balaban J connectivity index is 2.42. The Bertz CT molecular complexity index is 231. The summed E-state index contributed by atoms with van der Waals surface area (Å²) in [6.07, 6.45) is 5.20. The smallest absolute Gasteiger partial charge is 0.345 e. The fourth-order valence-corrected chi connectivity index (χ4v) is 2.13. The molecule has 1 rings (SSSR count). The molecule has 0 saturated heterocycles. The minimum atomic E-state index is -1.03. The van der Waals surface area contributed by atoms with Crippen molar-refractivity contribution in [2.24, 2.45) is 5.92 Å². The highest BCUT2D eigenvalue weighted by Crippen LogP contribution is 2.28. The molecule has 0 aromatic heterocycles. The number of carboxylic acids is 1. The van der Waals surface area contributed by atoms with Crippen molar-refractivity contribution in [3.8, 4) is 0 Å². The summed E-state index contributed by atoms with van der Waals surface area (Å²) < 4.78 is 4.78. The highest BCUT2D eigenvalue weighted by atomic mass is 16.6. The summed E-state index contributed by atoms with van der Waals surface area (Å²) >= 11 is 0. The van der Waals surface area contributed by atoms with E-state index in [1.54, 1.807) is 0 Å². The number of aliphatic carboxylic acids is 1. The molecule has 1 aliphatic carbocycles. The molecule has 4 nitrogen and oxygen atoms in total. The van der Waals surface area contributed by atoms with Crippen LogP contribution in [0.3, 0.4) is 0 Å². The molecule has 0 spiro atoms. The third-order valence-corrected chi connectivity index (χ3v) is 2.86. The molecule has 1 saturated carbocycles. The standard InChI is InChI=1S/C11H18O4/c1-8(12)15-10(11(13)14)7-9-5-3-2-4-6-9/h9-10H,2-7H2,1H3,(H,13,14)/t10-/m1/s1. The third kappa shape index (κ3) is 4.32. The van der Waals surface area contributed by atoms with Gasteiger partial charge in [0.2, 0.25) is 0 Å². The van der Waals surface area contributed by atoms with Crippen molar-refractivity contribution in [3.63, 3.8) is 0 Å². The van der Waals surface area contributed by atoms with Gasteiger partial charge in [0.05, 0.1) is 0 Å². The van der Waals surface area contributed by atoms with E-state index in [0.29, 0.717) is 12.3 Å². The Morgan fingerprint density at radius 2 is 1.93 bits per heavy atom. The molecule has 1 fully saturated rings. The molecular formula is C11H18O4. The monoisotopic (exact) mass is 214 g/mol. The van der Waals surface area contributed by atoms with Crippen LogP contribution in [0.1, 0.15) is 45.4 Å². The molecule has 0 aromatic carbocycles. The molecule has 1 atom stereocenters. The molecule has 0 bridgehead atoms. The second-order valence-electron chi connectivity index (χ2n) is 4.18. The Morgan fingerprint density at radius 3 is 2.40 bits per heavy atom. The van der Waals surface area contributed by atoms with Crippen LogP contribution in [0.2, 0.25) is 0 Å². The average Bonchev–Trinajstić information content (AvgIpc) is 2.17. The maximum Gasteiger partial charge on any atom is 0.345 e. The fourth-order valence-electron chi connectivity index (χ4n) is 2.13. The molecule has 0 aromatic rings. The Hall–Kier alpha value is -1.06. The second kappa shape index (κ2) is 5.73. The Labute approximate surface area is 89.6 Å². The molecule has 86 valence electrons. The van der Waals surface area contributed by atoms with E-state index in [1.807, 2.05) is 0 Å². The minimum absolute atomic E-state index is 0.402. The van der Waals surface area contributed by atoms with Gasteiger partial charge in [0.1, 0.15) is 0 Å². The summed E-state index contributed by atoms with van der Waals surface area (Å²) in [7, 11) is 0. The lowest BCUT2D eigenvalue weighted by Gasteiger charge is -2.24. The van der Waals surface area contributed by atoms with Gasteiger partial charge in [-0.05, 0) is 12.3 Å². The first-order valence-corrected chi connectivity index (χ1v) is 5.49. The van der Waals surface area contributed by atoms with E-state index in [1.165, 1.54) is 13.3 Å². The number of carboxylic acid groups (broad SMARTS) is 1. The predicted octanol–water partition coefficient (Wildman–Crippen LogP) is 1.97. The summed E-state index contributed by atoms with van der Waals surface area (Å²) in [5.41, 5.74) is 0. The maximum absolute atomic E-state index is 10.8.